The summed E-state index contributed by atoms with van der Waals surface area (Å²) in [7, 11) is 0. The van der Waals surface area contributed by atoms with Crippen LogP contribution in [0.15, 0.2) is 54.6 Å². The molecule has 0 heterocycles. The van der Waals surface area contributed by atoms with Crippen LogP contribution in [-0.4, -0.2) is 18.7 Å². The van der Waals surface area contributed by atoms with E-state index < -0.39 is 6.16 Å². The van der Waals surface area contributed by atoms with Gasteiger partial charge >= 0.3 is 6.16 Å². The van der Waals surface area contributed by atoms with Crippen LogP contribution in [0.1, 0.15) is 18.9 Å². The normalized spacial score (nSPS) is 9.61. The summed E-state index contributed by atoms with van der Waals surface area (Å²) in [4.78, 5) is 22.9. The molecule has 0 saturated carbocycles. The van der Waals surface area contributed by atoms with Crippen LogP contribution < -0.4 is 9.47 Å². The molecule has 2 aromatic carbocycles. The smallest absolute Gasteiger partial charge is 0.483 e. The fourth-order valence-corrected chi connectivity index (χ4v) is 1.80. The Morgan fingerprint density at radius 3 is 2.39 bits per heavy atom. The number of hydrogen-bond acceptors (Lipinski definition) is 5. The van der Waals surface area contributed by atoms with Crippen LogP contribution in [0.3, 0.4) is 0 Å². The Morgan fingerprint density at radius 2 is 1.70 bits per heavy atom. The molecule has 0 aromatic heterocycles. The summed E-state index contributed by atoms with van der Waals surface area (Å²) < 4.78 is 15.6. The lowest BCUT2D eigenvalue weighted by Gasteiger charge is -2.11. The zero-order valence-electron chi connectivity index (χ0n) is 12.7. The second-order valence-electron chi connectivity index (χ2n) is 4.54. The summed E-state index contributed by atoms with van der Waals surface area (Å²) in [5.74, 6) is 2.26. The molecule has 0 spiro atoms. The van der Waals surface area contributed by atoms with Crippen molar-refractivity contribution < 1.29 is 23.8 Å². The van der Waals surface area contributed by atoms with Crippen LogP contribution in [0.4, 0.5) is 4.79 Å². The third-order valence-electron chi connectivity index (χ3n) is 2.81. The van der Waals surface area contributed by atoms with Gasteiger partial charge < -0.3 is 14.2 Å². The van der Waals surface area contributed by atoms with Crippen LogP contribution in [-0.2, 0) is 9.53 Å². The van der Waals surface area contributed by atoms with Gasteiger partial charge in [0.05, 0.1) is 12.2 Å². The van der Waals surface area contributed by atoms with Gasteiger partial charge in [0.25, 0.3) is 0 Å². The van der Waals surface area contributed by atoms with Crippen molar-refractivity contribution in [2.75, 3.05) is 6.61 Å². The van der Waals surface area contributed by atoms with E-state index in [9.17, 15) is 9.59 Å². The molecule has 0 radical (unpaired) electrons. The van der Waals surface area contributed by atoms with Crippen molar-refractivity contribution in [2.45, 2.75) is 13.3 Å². The zero-order valence-corrected chi connectivity index (χ0v) is 12.7. The maximum absolute atomic E-state index is 11.9. The molecule has 2 aromatic rings. The quantitative estimate of drug-likeness (QED) is 0.351. The van der Waals surface area contributed by atoms with E-state index in [4.69, 9.17) is 14.2 Å². The number of benzene rings is 2. The lowest BCUT2D eigenvalue weighted by molar-refractivity contribution is 0.151. The van der Waals surface area contributed by atoms with Crippen molar-refractivity contribution in [1.29, 1.82) is 0 Å². The van der Waals surface area contributed by atoms with Crippen molar-refractivity contribution in [3.05, 3.63) is 60.2 Å². The van der Waals surface area contributed by atoms with Crippen LogP contribution in [0.25, 0.3) is 5.76 Å². The molecule has 5 nitrogen and oxygen atoms in total. The molecule has 0 fully saturated rings. The molecule has 2 rings (SSSR count). The SMILES string of the molecule is CCCOC(=C=O)c1ccccc1OC(=O)Oc1ccccc1. The van der Waals surface area contributed by atoms with Gasteiger partial charge in [-0.2, -0.15) is 0 Å². The fraction of sp³-hybridized carbons (Fsp3) is 0.167. The molecule has 0 saturated heterocycles. The van der Waals surface area contributed by atoms with Gasteiger partial charge in [0.1, 0.15) is 11.5 Å². The van der Waals surface area contributed by atoms with Gasteiger partial charge in [0.2, 0.25) is 5.76 Å². The molecule has 0 unspecified atom stereocenters. The maximum atomic E-state index is 11.9. The fourth-order valence-electron chi connectivity index (χ4n) is 1.80. The molecular weight excluding hydrogens is 296 g/mol. The van der Waals surface area contributed by atoms with E-state index in [-0.39, 0.29) is 11.5 Å². The van der Waals surface area contributed by atoms with Crippen LogP contribution in [0.2, 0.25) is 0 Å². The van der Waals surface area contributed by atoms with E-state index in [2.05, 4.69) is 0 Å². The molecule has 0 aliphatic heterocycles. The van der Waals surface area contributed by atoms with Gasteiger partial charge in [-0.05, 0) is 30.7 Å². The van der Waals surface area contributed by atoms with Crippen LogP contribution in [0.5, 0.6) is 11.5 Å². The zero-order chi connectivity index (χ0) is 16.5. The predicted octanol–water partition coefficient (Wildman–Crippen LogP) is 3.86. The first-order valence-corrected chi connectivity index (χ1v) is 7.16. The topological polar surface area (TPSA) is 61.8 Å². The van der Waals surface area contributed by atoms with E-state index in [1.807, 2.05) is 6.92 Å². The minimum absolute atomic E-state index is 0.00467. The van der Waals surface area contributed by atoms with E-state index >= 15 is 0 Å². The largest absolute Gasteiger partial charge is 0.519 e. The van der Waals surface area contributed by atoms with E-state index in [1.165, 1.54) is 0 Å². The molecule has 0 atom stereocenters. The van der Waals surface area contributed by atoms with Gasteiger partial charge in [0.15, 0.2) is 5.94 Å². The van der Waals surface area contributed by atoms with Crippen molar-refractivity contribution in [3.63, 3.8) is 0 Å². The van der Waals surface area contributed by atoms with E-state index in [0.717, 1.165) is 6.42 Å². The second-order valence-corrected chi connectivity index (χ2v) is 4.54. The molecule has 0 amide bonds. The standard InChI is InChI=1S/C18H16O5/c1-2-12-21-17(13-19)15-10-6-7-11-16(15)23-18(20)22-14-8-4-3-5-9-14/h3-11H,2,12H2,1H3. The molecule has 0 aliphatic rings. The van der Waals surface area contributed by atoms with E-state index in [1.54, 1.807) is 60.5 Å². The Kier molecular flexibility index (Phi) is 5.98. The first kappa shape index (κ1) is 16.3. The number of hydrogen-bond donors (Lipinski definition) is 0. The molecule has 0 aliphatic carbocycles. The number of para-hydroxylation sites is 2. The lowest BCUT2D eigenvalue weighted by Crippen LogP contribution is -2.14. The monoisotopic (exact) mass is 312 g/mol. The summed E-state index contributed by atoms with van der Waals surface area (Å²) in [6, 6.07) is 15.1. The van der Waals surface area contributed by atoms with Gasteiger partial charge in [0, 0.05) is 0 Å². The Labute approximate surface area is 134 Å². The minimum atomic E-state index is -0.899. The van der Waals surface area contributed by atoms with Gasteiger partial charge in [-0.15, -0.1) is 0 Å². The molecule has 0 N–H and O–H groups in total. The summed E-state index contributed by atoms with van der Waals surface area (Å²) in [6.07, 6.45) is -0.158. The van der Waals surface area contributed by atoms with Crippen molar-refractivity contribution in [1.82, 2.24) is 0 Å². The number of carbonyl (C=O) groups is 1. The van der Waals surface area contributed by atoms with Gasteiger partial charge in [-0.3, -0.25) is 0 Å². The maximum Gasteiger partial charge on any atom is 0.519 e. The first-order chi connectivity index (χ1) is 11.2. The summed E-state index contributed by atoms with van der Waals surface area (Å²) in [5, 5.41) is 0. The highest BCUT2D eigenvalue weighted by molar-refractivity contribution is 5.86. The van der Waals surface area contributed by atoms with Crippen LogP contribution in [0, 0.1) is 0 Å². The van der Waals surface area contributed by atoms with Crippen molar-refractivity contribution in [3.8, 4) is 11.5 Å². The highest BCUT2D eigenvalue weighted by atomic mass is 16.7. The average molecular weight is 312 g/mol. The molecule has 0 bridgehead atoms. The minimum Gasteiger partial charge on any atom is -0.483 e. The molecule has 118 valence electrons. The third kappa shape index (κ3) is 4.73. The predicted molar refractivity (Wildman–Crippen MR) is 84.9 cm³/mol. The summed E-state index contributed by atoms with van der Waals surface area (Å²) in [5.41, 5.74) is 0.348. The molecular formula is C18H16O5. The number of rotatable bonds is 6. The third-order valence-corrected chi connectivity index (χ3v) is 2.81. The second kappa shape index (κ2) is 8.41. The van der Waals surface area contributed by atoms with Gasteiger partial charge in [-0.1, -0.05) is 37.3 Å². The van der Waals surface area contributed by atoms with Crippen LogP contribution >= 0.6 is 0 Å². The van der Waals surface area contributed by atoms with Crippen molar-refractivity contribution >= 4 is 17.9 Å². The highest BCUT2D eigenvalue weighted by Crippen LogP contribution is 2.26. The number of ether oxygens (including phenoxy) is 3. The van der Waals surface area contributed by atoms with E-state index in [0.29, 0.717) is 17.9 Å². The molecule has 5 heteroatoms. The first-order valence-electron chi connectivity index (χ1n) is 7.16. The Bertz CT molecular complexity index is 702. The average Bonchev–Trinajstić information content (AvgIpc) is 2.57. The Morgan fingerprint density at radius 1 is 1.00 bits per heavy atom. The highest BCUT2D eigenvalue weighted by Gasteiger charge is 2.15. The summed E-state index contributed by atoms with van der Waals surface area (Å²) in [6.45, 7) is 2.29. The summed E-state index contributed by atoms with van der Waals surface area (Å²) >= 11 is 0. The Hall–Kier alpha value is -3.04. The Balaban J connectivity index is 2.14. The van der Waals surface area contributed by atoms with Gasteiger partial charge in [-0.25, -0.2) is 9.59 Å². The van der Waals surface area contributed by atoms with Crippen molar-refractivity contribution in [2.24, 2.45) is 0 Å². The lowest BCUT2D eigenvalue weighted by atomic mass is 10.2. The number of carbonyl (C=O) groups excluding carboxylic acids is 2. The molecule has 23 heavy (non-hydrogen) atoms.